The maximum absolute atomic E-state index is 10.7. The summed E-state index contributed by atoms with van der Waals surface area (Å²) in [7, 11) is 0. The molecule has 2 aromatic rings. The van der Waals surface area contributed by atoms with Crippen molar-refractivity contribution >= 4 is 17.0 Å². The van der Waals surface area contributed by atoms with E-state index in [2.05, 4.69) is 15.0 Å². The number of carboxylic acid groups (broad SMARTS) is 1. The Morgan fingerprint density at radius 2 is 2.16 bits per heavy atom. The highest BCUT2D eigenvalue weighted by atomic mass is 16.4. The molecule has 0 radical (unpaired) electrons. The molecule has 0 aromatic carbocycles. The third-order valence-corrected chi connectivity index (χ3v) is 3.93. The Labute approximate surface area is 111 Å². The Hall–Kier alpha value is -1.91. The Kier molecular flexibility index (Phi) is 3.19. The van der Waals surface area contributed by atoms with Crippen molar-refractivity contribution in [2.75, 3.05) is 0 Å². The first-order valence-corrected chi connectivity index (χ1v) is 6.78. The Morgan fingerprint density at radius 1 is 1.37 bits per heavy atom. The summed E-state index contributed by atoms with van der Waals surface area (Å²) in [6, 6.07) is 0. The molecule has 1 saturated carbocycles. The van der Waals surface area contributed by atoms with Crippen molar-refractivity contribution in [2.45, 2.75) is 44.4 Å². The van der Waals surface area contributed by atoms with Crippen molar-refractivity contribution in [1.29, 1.82) is 0 Å². The van der Waals surface area contributed by atoms with Crippen molar-refractivity contribution in [3.8, 4) is 0 Å². The smallest absolute Gasteiger partial charge is 0.303 e. The van der Waals surface area contributed by atoms with Crippen molar-refractivity contribution in [2.24, 2.45) is 0 Å². The fourth-order valence-electron chi connectivity index (χ4n) is 3.00. The number of aromatic amines is 1. The van der Waals surface area contributed by atoms with Gasteiger partial charge in [0.2, 0.25) is 0 Å². The van der Waals surface area contributed by atoms with Crippen LogP contribution in [0.1, 0.15) is 49.3 Å². The first-order chi connectivity index (χ1) is 9.25. The van der Waals surface area contributed by atoms with Crippen LogP contribution in [0.3, 0.4) is 0 Å². The molecule has 1 fully saturated rings. The first-order valence-electron chi connectivity index (χ1n) is 6.78. The summed E-state index contributed by atoms with van der Waals surface area (Å²) >= 11 is 0. The monoisotopic (exact) mass is 259 g/mol. The van der Waals surface area contributed by atoms with Gasteiger partial charge in [-0.05, 0) is 24.8 Å². The quantitative estimate of drug-likeness (QED) is 0.884. The maximum atomic E-state index is 10.7. The maximum Gasteiger partial charge on any atom is 0.303 e. The highest BCUT2D eigenvalue weighted by molar-refractivity contribution is 5.83. The van der Waals surface area contributed by atoms with E-state index in [0.717, 1.165) is 22.3 Å². The van der Waals surface area contributed by atoms with E-state index in [1.54, 1.807) is 6.33 Å². The third-order valence-electron chi connectivity index (χ3n) is 3.93. The normalized spacial score (nSPS) is 16.2. The number of aromatic nitrogens is 3. The molecule has 5 nitrogen and oxygen atoms in total. The fourth-order valence-corrected chi connectivity index (χ4v) is 3.00. The molecule has 0 unspecified atom stereocenters. The Morgan fingerprint density at radius 3 is 2.89 bits per heavy atom. The minimum Gasteiger partial charge on any atom is -0.481 e. The van der Waals surface area contributed by atoms with E-state index in [1.807, 2.05) is 6.20 Å². The highest BCUT2D eigenvalue weighted by Gasteiger charge is 2.22. The molecule has 1 aliphatic carbocycles. The second-order valence-electron chi connectivity index (χ2n) is 5.17. The van der Waals surface area contributed by atoms with Crippen LogP contribution in [0.25, 0.3) is 11.0 Å². The van der Waals surface area contributed by atoms with E-state index in [9.17, 15) is 4.79 Å². The zero-order valence-electron chi connectivity index (χ0n) is 10.7. The average Bonchev–Trinajstić information content (AvgIpc) is 3.05. The zero-order valence-corrected chi connectivity index (χ0v) is 10.7. The number of carbonyl (C=O) groups is 1. The second kappa shape index (κ2) is 4.99. The van der Waals surface area contributed by atoms with Gasteiger partial charge in [0.25, 0.3) is 0 Å². The third kappa shape index (κ3) is 2.32. The number of fused-ring (bicyclic) bond motifs is 1. The van der Waals surface area contributed by atoms with Gasteiger partial charge in [-0.3, -0.25) is 4.79 Å². The number of rotatable bonds is 4. The van der Waals surface area contributed by atoms with Gasteiger partial charge in [0, 0.05) is 23.9 Å². The van der Waals surface area contributed by atoms with Gasteiger partial charge in [-0.2, -0.15) is 0 Å². The lowest BCUT2D eigenvalue weighted by Gasteiger charge is -2.10. The molecule has 3 rings (SSSR count). The Bertz CT molecular complexity index is 600. The number of nitrogens with zero attached hydrogens (tertiary/aromatic N) is 2. The molecule has 100 valence electrons. The molecule has 0 spiro atoms. The number of aryl methyl sites for hydroxylation is 1. The van der Waals surface area contributed by atoms with Crippen molar-refractivity contribution in [3.05, 3.63) is 23.8 Å². The summed E-state index contributed by atoms with van der Waals surface area (Å²) in [6.45, 7) is 0. The van der Waals surface area contributed by atoms with Crippen LogP contribution in [0.4, 0.5) is 0 Å². The SMILES string of the molecule is O=C(O)CCc1c[nH]c2ncnc(C3CCCC3)c12. The van der Waals surface area contributed by atoms with Crippen LogP contribution in [-0.4, -0.2) is 26.0 Å². The van der Waals surface area contributed by atoms with Crippen LogP contribution < -0.4 is 0 Å². The molecular weight excluding hydrogens is 242 g/mol. The van der Waals surface area contributed by atoms with Gasteiger partial charge in [-0.15, -0.1) is 0 Å². The molecule has 0 bridgehead atoms. The van der Waals surface area contributed by atoms with Crippen LogP contribution in [0, 0.1) is 0 Å². The van der Waals surface area contributed by atoms with Crippen LogP contribution >= 0.6 is 0 Å². The standard InChI is InChI=1S/C14H17N3O2/c18-11(19)6-5-10-7-15-14-12(10)13(16-8-17-14)9-3-1-2-4-9/h7-9H,1-6H2,(H,18,19)(H,15,16,17). The molecule has 0 atom stereocenters. The molecule has 2 N–H and O–H groups in total. The van der Waals surface area contributed by atoms with E-state index >= 15 is 0 Å². The summed E-state index contributed by atoms with van der Waals surface area (Å²) < 4.78 is 0. The van der Waals surface area contributed by atoms with Crippen molar-refractivity contribution in [3.63, 3.8) is 0 Å². The van der Waals surface area contributed by atoms with Crippen LogP contribution in [0.2, 0.25) is 0 Å². The van der Waals surface area contributed by atoms with Gasteiger partial charge in [-0.1, -0.05) is 12.8 Å². The predicted octanol–water partition coefficient (Wildman–Crippen LogP) is 2.63. The van der Waals surface area contributed by atoms with E-state index < -0.39 is 5.97 Å². The van der Waals surface area contributed by atoms with E-state index in [0.29, 0.717) is 12.3 Å². The summed E-state index contributed by atoms with van der Waals surface area (Å²) in [4.78, 5) is 22.6. The molecule has 19 heavy (non-hydrogen) atoms. The summed E-state index contributed by atoms with van der Waals surface area (Å²) in [5.74, 6) is -0.265. The molecular formula is C14H17N3O2. The van der Waals surface area contributed by atoms with Gasteiger partial charge < -0.3 is 10.1 Å². The van der Waals surface area contributed by atoms with Gasteiger partial charge >= 0.3 is 5.97 Å². The minimum absolute atomic E-state index is 0.145. The highest BCUT2D eigenvalue weighted by Crippen LogP contribution is 2.37. The molecule has 1 aliphatic rings. The molecule has 2 heterocycles. The summed E-state index contributed by atoms with van der Waals surface area (Å²) in [5.41, 5.74) is 2.96. The van der Waals surface area contributed by atoms with E-state index in [4.69, 9.17) is 5.11 Å². The topological polar surface area (TPSA) is 78.9 Å². The molecule has 0 aliphatic heterocycles. The number of hydrogen-bond donors (Lipinski definition) is 2. The average molecular weight is 259 g/mol. The number of H-pyrrole nitrogens is 1. The van der Waals surface area contributed by atoms with Gasteiger partial charge in [-0.25, -0.2) is 9.97 Å². The van der Waals surface area contributed by atoms with Crippen molar-refractivity contribution < 1.29 is 9.90 Å². The van der Waals surface area contributed by atoms with Gasteiger partial charge in [0.1, 0.15) is 12.0 Å². The minimum atomic E-state index is -0.770. The van der Waals surface area contributed by atoms with Crippen LogP contribution in [-0.2, 0) is 11.2 Å². The van der Waals surface area contributed by atoms with Crippen LogP contribution in [0.5, 0.6) is 0 Å². The molecule has 0 amide bonds. The van der Waals surface area contributed by atoms with E-state index in [1.165, 1.54) is 25.7 Å². The summed E-state index contributed by atoms with van der Waals surface area (Å²) in [5, 5.41) is 9.88. The lowest BCUT2D eigenvalue weighted by atomic mass is 9.98. The number of aliphatic carboxylic acids is 1. The lowest BCUT2D eigenvalue weighted by Crippen LogP contribution is -2.01. The number of nitrogens with one attached hydrogen (secondary N) is 1. The number of hydrogen-bond acceptors (Lipinski definition) is 3. The predicted molar refractivity (Wildman–Crippen MR) is 71.1 cm³/mol. The van der Waals surface area contributed by atoms with Crippen molar-refractivity contribution in [1.82, 2.24) is 15.0 Å². The molecule has 5 heteroatoms. The number of carboxylic acids is 1. The Balaban J connectivity index is 2.00. The largest absolute Gasteiger partial charge is 0.481 e. The summed E-state index contributed by atoms with van der Waals surface area (Å²) in [6.07, 6.45) is 9.02. The van der Waals surface area contributed by atoms with Gasteiger partial charge in [0.15, 0.2) is 0 Å². The first kappa shape index (κ1) is 12.1. The van der Waals surface area contributed by atoms with E-state index in [-0.39, 0.29) is 6.42 Å². The zero-order chi connectivity index (χ0) is 13.2. The van der Waals surface area contributed by atoms with Gasteiger partial charge in [0.05, 0.1) is 5.69 Å². The second-order valence-corrected chi connectivity index (χ2v) is 5.17. The van der Waals surface area contributed by atoms with Crippen LogP contribution in [0.15, 0.2) is 12.5 Å². The molecule has 0 saturated heterocycles. The lowest BCUT2D eigenvalue weighted by molar-refractivity contribution is -0.136. The molecule has 2 aromatic heterocycles. The fraction of sp³-hybridized carbons (Fsp3) is 0.500.